The number of nitrogens with two attached hydrogens (primary N) is 1. The van der Waals surface area contributed by atoms with Crippen molar-refractivity contribution >= 4 is 0 Å². The Kier molecular flexibility index (Phi) is 4.61. The molecule has 1 aliphatic rings. The second-order valence-corrected chi connectivity index (χ2v) is 5.25. The van der Waals surface area contributed by atoms with Crippen LogP contribution in [0.2, 0.25) is 0 Å². The van der Waals surface area contributed by atoms with Crippen LogP contribution in [0.25, 0.3) is 0 Å². The third-order valence-electron chi connectivity index (χ3n) is 3.81. The Morgan fingerprint density at radius 2 is 2.11 bits per heavy atom. The molecule has 3 nitrogen and oxygen atoms in total. The molecule has 0 heterocycles. The highest BCUT2D eigenvalue weighted by Crippen LogP contribution is 2.21. The van der Waals surface area contributed by atoms with E-state index in [-0.39, 0.29) is 0 Å². The van der Waals surface area contributed by atoms with Gasteiger partial charge in [0.05, 0.1) is 7.11 Å². The highest BCUT2D eigenvalue weighted by Gasteiger charge is 2.21. The van der Waals surface area contributed by atoms with Crippen LogP contribution in [0, 0.1) is 6.92 Å². The minimum Gasteiger partial charge on any atom is -0.496 e. The Morgan fingerprint density at radius 3 is 2.83 bits per heavy atom. The largest absolute Gasteiger partial charge is 0.496 e. The van der Waals surface area contributed by atoms with Crippen LogP contribution in [0.15, 0.2) is 18.2 Å². The lowest BCUT2D eigenvalue weighted by molar-refractivity contribution is 0.324. The maximum absolute atomic E-state index is 6.15. The molecule has 2 rings (SSSR count). The Balaban J connectivity index is 1.98. The van der Waals surface area contributed by atoms with E-state index >= 15 is 0 Å². The Hall–Kier alpha value is -1.06. The summed E-state index contributed by atoms with van der Waals surface area (Å²) in [7, 11) is 1.72. The molecule has 0 aliphatic heterocycles. The minimum absolute atomic E-state index is 0.301. The number of aryl methyl sites for hydroxylation is 1. The number of methoxy groups -OCH3 is 1. The van der Waals surface area contributed by atoms with Gasteiger partial charge in [0.2, 0.25) is 0 Å². The number of nitrogens with one attached hydrogen (secondary N) is 1. The van der Waals surface area contributed by atoms with E-state index in [2.05, 4.69) is 24.4 Å². The molecular formula is C15H24N2O. The molecule has 0 amide bonds. The molecule has 1 aromatic rings. The van der Waals surface area contributed by atoms with Crippen molar-refractivity contribution in [2.45, 2.75) is 51.2 Å². The smallest absolute Gasteiger partial charge is 0.123 e. The van der Waals surface area contributed by atoms with E-state index in [1.54, 1.807) is 7.11 Å². The van der Waals surface area contributed by atoms with Gasteiger partial charge in [0.1, 0.15) is 5.75 Å². The fourth-order valence-corrected chi connectivity index (χ4v) is 2.70. The normalized spacial score (nSPS) is 23.9. The topological polar surface area (TPSA) is 47.3 Å². The lowest BCUT2D eigenvalue weighted by Crippen LogP contribution is -2.46. The fourth-order valence-electron chi connectivity index (χ4n) is 2.70. The van der Waals surface area contributed by atoms with Gasteiger partial charge in [-0.15, -0.1) is 0 Å². The van der Waals surface area contributed by atoms with Gasteiger partial charge >= 0.3 is 0 Å². The summed E-state index contributed by atoms with van der Waals surface area (Å²) in [6.07, 6.45) is 4.89. The van der Waals surface area contributed by atoms with Crippen LogP contribution in [0.5, 0.6) is 5.75 Å². The molecule has 0 spiro atoms. The second-order valence-electron chi connectivity index (χ2n) is 5.25. The van der Waals surface area contributed by atoms with E-state index in [0.29, 0.717) is 12.1 Å². The van der Waals surface area contributed by atoms with Crippen molar-refractivity contribution in [2.24, 2.45) is 5.73 Å². The molecule has 0 radical (unpaired) electrons. The van der Waals surface area contributed by atoms with E-state index in [0.717, 1.165) is 18.7 Å². The highest BCUT2D eigenvalue weighted by molar-refractivity contribution is 5.36. The minimum atomic E-state index is 0.301. The van der Waals surface area contributed by atoms with Crippen LogP contribution in [0.1, 0.15) is 36.8 Å². The third kappa shape index (κ3) is 3.24. The van der Waals surface area contributed by atoms with E-state index < -0.39 is 0 Å². The molecule has 0 aromatic heterocycles. The van der Waals surface area contributed by atoms with Crippen LogP contribution in [-0.2, 0) is 6.54 Å². The molecule has 0 bridgehead atoms. The van der Waals surface area contributed by atoms with Crippen LogP contribution in [-0.4, -0.2) is 19.2 Å². The first kappa shape index (κ1) is 13.4. The van der Waals surface area contributed by atoms with Crippen molar-refractivity contribution in [1.82, 2.24) is 5.32 Å². The Labute approximate surface area is 110 Å². The van der Waals surface area contributed by atoms with Crippen molar-refractivity contribution in [2.75, 3.05) is 7.11 Å². The molecule has 0 saturated heterocycles. The van der Waals surface area contributed by atoms with Gasteiger partial charge < -0.3 is 15.8 Å². The summed E-state index contributed by atoms with van der Waals surface area (Å²) in [6.45, 7) is 2.94. The van der Waals surface area contributed by atoms with Gasteiger partial charge in [-0.1, -0.05) is 30.5 Å². The molecule has 2 unspecified atom stereocenters. The highest BCUT2D eigenvalue weighted by atomic mass is 16.5. The number of benzene rings is 1. The lowest BCUT2D eigenvalue weighted by atomic mass is 9.91. The average Bonchev–Trinajstić information content (AvgIpc) is 2.38. The first-order valence-electron chi connectivity index (χ1n) is 6.83. The number of hydrogen-bond donors (Lipinski definition) is 2. The predicted molar refractivity (Wildman–Crippen MR) is 74.8 cm³/mol. The van der Waals surface area contributed by atoms with Gasteiger partial charge in [-0.3, -0.25) is 0 Å². The van der Waals surface area contributed by atoms with Gasteiger partial charge in [-0.2, -0.15) is 0 Å². The molecule has 1 saturated carbocycles. The summed E-state index contributed by atoms with van der Waals surface area (Å²) >= 11 is 0. The quantitative estimate of drug-likeness (QED) is 0.860. The zero-order valence-electron chi connectivity index (χ0n) is 11.4. The van der Waals surface area contributed by atoms with Crippen molar-refractivity contribution in [3.05, 3.63) is 29.3 Å². The monoisotopic (exact) mass is 248 g/mol. The molecule has 3 heteroatoms. The molecule has 1 fully saturated rings. The predicted octanol–water partition coefficient (Wildman–Crippen LogP) is 2.36. The SMILES string of the molecule is COc1ccc(C)cc1CNC1CCCCC1N. The van der Waals surface area contributed by atoms with E-state index in [1.165, 1.54) is 30.4 Å². The van der Waals surface area contributed by atoms with E-state index in [4.69, 9.17) is 10.5 Å². The summed E-state index contributed by atoms with van der Waals surface area (Å²) in [4.78, 5) is 0. The van der Waals surface area contributed by atoms with E-state index in [1.807, 2.05) is 6.07 Å². The van der Waals surface area contributed by atoms with Crippen molar-refractivity contribution in [1.29, 1.82) is 0 Å². The summed E-state index contributed by atoms with van der Waals surface area (Å²) in [5.41, 5.74) is 8.63. The zero-order chi connectivity index (χ0) is 13.0. The van der Waals surface area contributed by atoms with E-state index in [9.17, 15) is 0 Å². The summed E-state index contributed by atoms with van der Waals surface area (Å²) in [5.74, 6) is 0.956. The van der Waals surface area contributed by atoms with Crippen molar-refractivity contribution in [3.63, 3.8) is 0 Å². The lowest BCUT2D eigenvalue weighted by Gasteiger charge is -2.29. The molecule has 3 N–H and O–H groups in total. The summed E-state index contributed by atoms with van der Waals surface area (Å²) in [6, 6.07) is 7.04. The van der Waals surface area contributed by atoms with Crippen LogP contribution in [0.3, 0.4) is 0 Å². The Morgan fingerprint density at radius 1 is 1.33 bits per heavy atom. The molecule has 2 atom stereocenters. The second kappa shape index (κ2) is 6.21. The first-order chi connectivity index (χ1) is 8.70. The molecule has 18 heavy (non-hydrogen) atoms. The number of hydrogen-bond acceptors (Lipinski definition) is 3. The van der Waals surface area contributed by atoms with Crippen LogP contribution < -0.4 is 15.8 Å². The third-order valence-corrected chi connectivity index (χ3v) is 3.81. The molecule has 1 aliphatic carbocycles. The van der Waals surface area contributed by atoms with Crippen LogP contribution >= 0.6 is 0 Å². The van der Waals surface area contributed by atoms with Gasteiger partial charge in [0, 0.05) is 24.2 Å². The maximum Gasteiger partial charge on any atom is 0.123 e. The van der Waals surface area contributed by atoms with Crippen molar-refractivity contribution in [3.8, 4) is 5.75 Å². The summed E-state index contributed by atoms with van der Waals surface area (Å²) < 4.78 is 5.40. The average molecular weight is 248 g/mol. The number of rotatable bonds is 4. The molecule has 1 aromatic carbocycles. The standard InChI is InChI=1S/C15H24N2O/c1-11-7-8-15(18-2)12(9-11)10-17-14-6-4-3-5-13(14)16/h7-9,13-14,17H,3-6,10,16H2,1-2H3. The van der Waals surface area contributed by atoms with Gasteiger partial charge in [0.25, 0.3) is 0 Å². The Bertz CT molecular complexity index is 392. The van der Waals surface area contributed by atoms with Gasteiger partial charge in [-0.25, -0.2) is 0 Å². The van der Waals surface area contributed by atoms with Crippen molar-refractivity contribution < 1.29 is 4.74 Å². The maximum atomic E-state index is 6.15. The number of ether oxygens (including phenoxy) is 1. The van der Waals surface area contributed by atoms with Gasteiger partial charge in [-0.05, 0) is 25.8 Å². The molecule has 100 valence electrons. The molecular weight excluding hydrogens is 224 g/mol. The first-order valence-corrected chi connectivity index (χ1v) is 6.83. The van der Waals surface area contributed by atoms with Crippen LogP contribution in [0.4, 0.5) is 0 Å². The summed E-state index contributed by atoms with van der Waals surface area (Å²) in [5, 5.41) is 3.58. The van der Waals surface area contributed by atoms with Gasteiger partial charge in [0.15, 0.2) is 0 Å². The fraction of sp³-hybridized carbons (Fsp3) is 0.600. The zero-order valence-corrected chi connectivity index (χ0v) is 11.4.